The molecule has 0 spiro atoms. The standard InChI is InChI=1S/C16H27N3O2.2ClH/c1-4-21-15(9-10-19(2)3)12-18-16(20)14-7-5-13(11-17)6-8-14;;/h5-8,15H,4,9-12,17H2,1-3H3,(H,18,20);2*1H. The fourth-order valence-electron chi connectivity index (χ4n) is 1.98. The van der Waals surface area contributed by atoms with Crippen LogP contribution in [-0.4, -0.2) is 50.7 Å². The summed E-state index contributed by atoms with van der Waals surface area (Å²) in [5, 5.41) is 2.93. The van der Waals surface area contributed by atoms with E-state index in [-0.39, 0.29) is 36.8 Å². The van der Waals surface area contributed by atoms with Gasteiger partial charge in [0.2, 0.25) is 0 Å². The maximum Gasteiger partial charge on any atom is 0.251 e. The van der Waals surface area contributed by atoms with Crippen LogP contribution in [0.5, 0.6) is 0 Å². The van der Waals surface area contributed by atoms with Crippen LogP contribution in [0.2, 0.25) is 0 Å². The fraction of sp³-hybridized carbons (Fsp3) is 0.562. The van der Waals surface area contributed by atoms with Crippen molar-refractivity contribution in [2.75, 3.05) is 33.8 Å². The maximum absolute atomic E-state index is 12.1. The Kier molecular flexibility index (Phi) is 14.4. The predicted molar refractivity (Wildman–Crippen MR) is 99.7 cm³/mol. The Balaban J connectivity index is 0. The summed E-state index contributed by atoms with van der Waals surface area (Å²) in [4.78, 5) is 14.2. The molecule has 1 aromatic carbocycles. The molecule has 0 aliphatic heterocycles. The van der Waals surface area contributed by atoms with Crippen molar-refractivity contribution >= 4 is 30.7 Å². The quantitative estimate of drug-likeness (QED) is 0.702. The van der Waals surface area contributed by atoms with Gasteiger partial charge in [-0.15, -0.1) is 24.8 Å². The van der Waals surface area contributed by atoms with Gasteiger partial charge in [0.15, 0.2) is 0 Å². The third-order valence-corrected chi connectivity index (χ3v) is 3.24. The Labute approximate surface area is 151 Å². The number of nitrogens with zero attached hydrogens (tertiary/aromatic N) is 1. The number of hydrogen-bond donors (Lipinski definition) is 2. The van der Waals surface area contributed by atoms with Crippen LogP contribution in [0.1, 0.15) is 29.3 Å². The van der Waals surface area contributed by atoms with Crippen molar-refractivity contribution in [3.63, 3.8) is 0 Å². The van der Waals surface area contributed by atoms with Gasteiger partial charge in [0.1, 0.15) is 0 Å². The number of carbonyl (C=O) groups is 1. The van der Waals surface area contributed by atoms with Crippen molar-refractivity contribution in [1.82, 2.24) is 10.2 Å². The number of carbonyl (C=O) groups excluding carboxylic acids is 1. The molecule has 1 amide bonds. The number of nitrogens with one attached hydrogen (secondary N) is 1. The topological polar surface area (TPSA) is 67.6 Å². The number of rotatable bonds is 9. The zero-order chi connectivity index (χ0) is 15.7. The molecule has 0 fully saturated rings. The number of nitrogens with two attached hydrogens (primary N) is 1. The summed E-state index contributed by atoms with van der Waals surface area (Å²) in [7, 11) is 4.06. The van der Waals surface area contributed by atoms with Crippen LogP contribution >= 0.6 is 24.8 Å². The first-order chi connectivity index (χ1) is 10.1. The van der Waals surface area contributed by atoms with Crippen molar-refractivity contribution in [3.05, 3.63) is 35.4 Å². The Morgan fingerprint density at radius 2 is 1.87 bits per heavy atom. The third-order valence-electron chi connectivity index (χ3n) is 3.24. The van der Waals surface area contributed by atoms with Gasteiger partial charge >= 0.3 is 0 Å². The minimum atomic E-state index is -0.0758. The normalized spacial score (nSPS) is 11.3. The lowest BCUT2D eigenvalue weighted by atomic mass is 10.1. The first-order valence-corrected chi connectivity index (χ1v) is 7.40. The molecule has 3 N–H and O–H groups in total. The van der Waals surface area contributed by atoms with E-state index in [4.69, 9.17) is 10.5 Å². The lowest BCUT2D eigenvalue weighted by Crippen LogP contribution is -2.35. The average molecular weight is 366 g/mol. The van der Waals surface area contributed by atoms with Gasteiger partial charge in [0.05, 0.1) is 6.10 Å². The van der Waals surface area contributed by atoms with E-state index < -0.39 is 0 Å². The second-order valence-corrected chi connectivity index (χ2v) is 5.28. The molecule has 0 aromatic heterocycles. The summed E-state index contributed by atoms with van der Waals surface area (Å²) in [6, 6.07) is 7.35. The van der Waals surface area contributed by atoms with E-state index in [1.54, 1.807) is 12.1 Å². The first-order valence-electron chi connectivity index (χ1n) is 7.40. The molecule has 1 unspecified atom stereocenters. The monoisotopic (exact) mass is 365 g/mol. The minimum Gasteiger partial charge on any atom is -0.377 e. The van der Waals surface area contributed by atoms with Crippen LogP contribution in [0, 0.1) is 0 Å². The molecular weight excluding hydrogens is 337 g/mol. The summed E-state index contributed by atoms with van der Waals surface area (Å²) in [5.41, 5.74) is 7.21. The van der Waals surface area contributed by atoms with Gasteiger partial charge in [-0.3, -0.25) is 4.79 Å². The molecule has 7 heteroatoms. The van der Waals surface area contributed by atoms with Crippen molar-refractivity contribution in [2.24, 2.45) is 5.73 Å². The minimum absolute atomic E-state index is 0. The van der Waals surface area contributed by atoms with Gasteiger partial charge in [0, 0.05) is 31.8 Å². The highest BCUT2D eigenvalue weighted by molar-refractivity contribution is 5.94. The van der Waals surface area contributed by atoms with Crippen molar-refractivity contribution in [2.45, 2.75) is 26.0 Å². The number of benzene rings is 1. The van der Waals surface area contributed by atoms with Crippen molar-refractivity contribution < 1.29 is 9.53 Å². The summed E-state index contributed by atoms with van der Waals surface area (Å²) in [5.74, 6) is -0.0758. The Hall–Kier alpha value is -0.850. The third kappa shape index (κ3) is 9.79. The van der Waals surface area contributed by atoms with E-state index >= 15 is 0 Å². The molecule has 0 aliphatic rings. The van der Waals surface area contributed by atoms with Gasteiger partial charge in [0.25, 0.3) is 5.91 Å². The molecule has 23 heavy (non-hydrogen) atoms. The van der Waals surface area contributed by atoms with Crippen LogP contribution in [0.15, 0.2) is 24.3 Å². The highest BCUT2D eigenvalue weighted by Crippen LogP contribution is 2.04. The molecule has 5 nitrogen and oxygen atoms in total. The molecule has 134 valence electrons. The van der Waals surface area contributed by atoms with E-state index in [0.717, 1.165) is 18.5 Å². The smallest absolute Gasteiger partial charge is 0.251 e. The highest BCUT2D eigenvalue weighted by atomic mass is 35.5. The second kappa shape index (κ2) is 13.6. The summed E-state index contributed by atoms with van der Waals surface area (Å²) >= 11 is 0. The van der Waals surface area contributed by atoms with Gasteiger partial charge in [-0.2, -0.15) is 0 Å². The predicted octanol–water partition coefficient (Wildman–Crippen LogP) is 2.08. The zero-order valence-electron chi connectivity index (χ0n) is 14.1. The number of halogens is 2. The molecular formula is C16H29Cl2N3O2. The van der Waals surface area contributed by atoms with Crippen LogP contribution < -0.4 is 11.1 Å². The van der Waals surface area contributed by atoms with Crippen LogP contribution in [0.4, 0.5) is 0 Å². The lowest BCUT2D eigenvalue weighted by molar-refractivity contribution is 0.0496. The second-order valence-electron chi connectivity index (χ2n) is 5.28. The molecule has 1 rings (SSSR count). The molecule has 1 atom stereocenters. The highest BCUT2D eigenvalue weighted by Gasteiger charge is 2.12. The molecule has 0 heterocycles. The molecule has 0 saturated carbocycles. The molecule has 0 radical (unpaired) electrons. The van der Waals surface area contributed by atoms with Gasteiger partial charge in [-0.05, 0) is 45.1 Å². The van der Waals surface area contributed by atoms with E-state index in [2.05, 4.69) is 10.2 Å². The Morgan fingerprint density at radius 1 is 1.26 bits per heavy atom. The lowest BCUT2D eigenvalue weighted by Gasteiger charge is -2.19. The largest absolute Gasteiger partial charge is 0.377 e. The number of ether oxygens (including phenoxy) is 1. The summed E-state index contributed by atoms with van der Waals surface area (Å²) in [6.45, 7) is 4.57. The average Bonchev–Trinajstić information content (AvgIpc) is 2.49. The Morgan fingerprint density at radius 3 is 2.35 bits per heavy atom. The van der Waals surface area contributed by atoms with E-state index in [1.165, 1.54) is 0 Å². The summed E-state index contributed by atoms with van der Waals surface area (Å²) < 4.78 is 5.66. The first kappa shape index (κ1) is 24.4. The summed E-state index contributed by atoms with van der Waals surface area (Å²) in [6.07, 6.45) is 0.942. The SMILES string of the molecule is CCOC(CCN(C)C)CNC(=O)c1ccc(CN)cc1.Cl.Cl. The van der Waals surface area contributed by atoms with Gasteiger partial charge < -0.3 is 20.7 Å². The Bertz CT molecular complexity index is 428. The molecule has 0 aliphatic carbocycles. The van der Waals surface area contributed by atoms with Crippen LogP contribution in [0.3, 0.4) is 0 Å². The molecule has 0 saturated heterocycles. The van der Waals surface area contributed by atoms with E-state index in [1.807, 2.05) is 33.2 Å². The van der Waals surface area contributed by atoms with Crippen LogP contribution in [-0.2, 0) is 11.3 Å². The van der Waals surface area contributed by atoms with Gasteiger partial charge in [-0.25, -0.2) is 0 Å². The fourth-order valence-corrected chi connectivity index (χ4v) is 1.98. The number of hydrogen-bond acceptors (Lipinski definition) is 4. The van der Waals surface area contributed by atoms with Crippen molar-refractivity contribution in [1.29, 1.82) is 0 Å². The van der Waals surface area contributed by atoms with Gasteiger partial charge in [-0.1, -0.05) is 12.1 Å². The van der Waals surface area contributed by atoms with Crippen LogP contribution in [0.25, 0.3) is 0 Å². The molecule has 0 bridgehead atoms. The zero-order valence-corrected chi connectivity index (χ0v) is 15.7. The van der Waals surface area contributed by atoms with E-state index in [0.29, 0.717) is 25.3 Å². The maximum atomic E-state index is 12.1. The van der Waals surface area contributed by atoms with Crippen molar-refractivity contribution in [3.8, 4) is 0 Å². The number of amides is 1. The molecule has 1 aromatic rings. The van der Waals surface area contributed by atoms with E-state index in [9.17, 15) is 4.79 Å².